The lowest BCUT2D eigenvalue weighted by molar-refractivity contribution is -0.164. The number of nitrogens with zero attached hydrogens (tertiary/aromatic N) is 1. The zero-order chi connectivity index (χ0) is 25.8. The second kappa shape index (κ2) is 9.34. The first-order valence-electron chi connectivity index (χ1n) is 14.5. The molecule has 8 atom stereocenters. The van der Waals surface area contributed by atoms with E-state index in [-0.39, 0.29) is 23.7 Å². The average molecular weight is 506 g/mol. The van der Waals surface area contributed by atoms with Gasteiger partial charge < -0.3 is 14.6 Å². The van der Waals surface area contributed by atoms with Crippen molar-refractivity contribution in [2.45, 2.75) is 77.2 Å². The Bertz CT molecular complexity index is 1170. The number of fused-ring (bicyclic) bond motifs is 6. The second-order valence-corrected chi connectivity index (χ2v) is 13.3. The third-order valence-electron chi connectivity index (χ3n) is 11.6. The smallest absolute Gasteiger partial charge is 0.173 e. The summed E-state index contributed by atoms with van der Waals surface area (Å²) in [6.45, 7) is 5.55. The molecule has 37 heavy (non-hydrogen) atoms. The van der Waals surface area contributed by atoms with Gasteiger partial charge in [0.15, 0.2) is 5.78 Å². The summed E-state index contributed by atoms with van der Waals surface area (Å²) in [7, 11) is 1.70. The highest BCUT2D eigenvalue weighted by molar-refractivity contribution is 5.84. The largest absolute Gasteiger partial charge is 0.486 e. The van der Waals surface area contributed by atoms with E-state index in [9.17, 15) is 9.90 Å². The Morgan fingerprint density at radius 3 is 2.70 bits per heavy atom. The van der Waals surface area contributed by atoms with Gasteiger partial charge in [-0.25, -0.2) is 0 Å². The summed E-state index contributed by atoms with van der Waals surface area (Å²) in [6.07, 6.45) is 11.6. The van der Waals surface area contributed by atoms with Crippen LogP contribution in [0.5, 0.6) is 5.75 Å². The number of aliphatic hydroxyl groups is 1. The van der Waals surface area contributed by atoms with Gasteiger partial charge in [0.1, 0.15) is 12.4 Å². The molecule has 4 saturated carbocycles. The lowest BCUT2D eigenvalue weighted by Gasteiger charge is -2.62. The van der Waals surface area contributed by atoms with Crippen molar-refractivity contribution >= 4 is 16.7 Å². The standard InChI is InChI=1S/C32H43NO4/c1-30-14-15-32(35,20-36-3)18-22(30)6-8-24-25-9-10-27(31(25,2)13-12-26(24)30)29(34)19-37-23-7-11-28-21(17-23)5-4-16-33-28/h4-5,7,11,16-17,22,24-27,35H,6,8-10,12-15,18-20H2,1-3H3/t22?,24-,25-,26-,27+,30-,31-,32?/m0/s1. The van der Waals surface area contributed by atoms with Crippen molar-refractivity contribution in [2.75, 3.05) is 20.3 Å². The van der Waals surface area contributed by atoms with Crippen LogP contribution >= 0.6 is 0 Å². The van der Waals surface area contributed by atoms with Crippen LogP contribution < -0.4 is 4.74 Å². The molecular formula is C32H43NO4. The Morgan fingerprint density at radius 1 is 1.03 bits per heavy atom. The Hall–Kier alpha value is -1.98. The first-order valence-corrected chi connectivity index (χ1v) is 14.5. The Labute approximate surface area is 221 Å². The molecule has 4 fully saturated rings. The van der Waals surface area contributed by atoms with Crippen LogP contribution in [-0.2, 0) is 9.53 Å². The maximum absolute atomic E-state index is 13.5. The summed E-state index contributed by atoms with van der Waals surface area (Å²) >= 11 is 0. The molecule has 4 aliphatic carbocycles. The third kappa shape index (κ3) is 4.21. The Balaban J connectivity index is 1.13. The highest BCUT2D eigenvalue weighted by Gasteiger charge is 2.62. The van der Waals surface area contributed by atoms with Crippen molar-refractivity contribution < 1.29 is 19.4 Å². The van der Waals surface area contributed by atoms with Crippen LogP contribution in [0, 0.1) is 40.4 Å². The number of ketones is 1. The van der Waals surface area contributed by atoms with Crippen molar-refractivity contribution in [1.29, 1.82) is 0 Å². The molecule has 0 aliphatic heterocycles. The molecule has 1 N–H and O–H groups in total. The molecule has 2 aromatic rings. The molecule has 1 aromatic heterocycles. The zero-order valence-corrected chi connectivity index (χ0v) is 22.7. The molecular weight excluding hydrogens is 462 g/mol. The van der Waals surface area contributed by atoms with Crippen molar-refractivity contribution in [1.82, 2.24) is 4.98 Å². The van der Waals surface area contributed by atoms with Crippen molar-refractivity contribution in [3.63, 3.8) is 0 Å². The normalized spacial score (nSPS) is 41.0. The average Bonchev–Trinajstić information content (AvgIpc) is 3.25. The number of carbonyl (C=O) groups excluding carboxylic acids is 1. The number of ether oxygens (including phenoxy) is 2. The van der Waals surface area contributed by atoms with E-state index >= 15 is 0 Å². The molecule has 5 heteroatoms. The maximum atomic E-state index is 13.5. The van der Waals surface area contributed by atoms with E-state index in [1.807, 2.05) is 30.3 Å². The van der Waals surface area contributed by atoms with Crippen LogP contribution in [0.15, 0.2) is 36.5 Å². The molecule has 2 unspecified atom stereocenters. The molecule has 0 bridgehead atoms. The van der Waals surface area contributed by atoms with Gasteiger partial charge in [-0.3, -0.25) is 9.78 Å². The van der Waals surface area contributed by atoms with Gasteiger partial charge in [-0.2, -0.15) is 0 Å². The van der Waals surface area contributed by atoms with E-state index in [4.69, 9.17) is 9.47 Å². The third-order valence-corrected chi connectivity index (χ3v) is 11.6. The minimum absolute atomic E-state index is 0.0869. The summed E-state index contributed by atoms with van der Waals surface area (Å²) in [5, 5.41) is 12.1. The summed E-state index contributed by atoms with van der Waals surface area (Å²) in [5.74, 6) is 3.75. The van der Waals surface area contributed by atoms with Gasteiger partial charge in [0.25, 0.3) is 0 Å². The molecule has 6 rings (SSSR count). The van der Waals surface area contributed by atoms with Gasteiger partial charge in [-0.05, 0) is 117 Å². The van der Waals surface area contributed by atoms with Crippen LogP contribution in [0.2, 0.25) is 0 Å². The molecule has 5 nitrogen and oxygen atoms in total. The summed E-state index contributed by atoms with van der Waals surface area (Å²) in [5.41, 5.74) is 0.680. The predicted molar refractivity (Wildman–Crippen MR) is 144 cm³/mol. The molecule has 4 aliphatic rings. The first-order chi connectivity index (χ1) is 17.8. The van der Waals surface area contributed by atoms with E-state index in [0.29, 0.717) is 35.7 Å². The van der Waals surface area contributed by atoms with Crippen LogP contribution in [0.1, 0.15) is 71.6 Å². The molecule has 1 heterocycles. The minimum atomic E-state index is -0.651. The lowest BCUT2D eigenvalue weighted by atomic mass is 9.44. The van der Waals surface area contributed by atoms with E-state index in [2.05, 4.69) is 18.8 Å². The molecule has 0 saturated heterocycles. The van der Waals surface area contributed by atoms with Crippen molar-refractivity contribution in [3.05, 3.63) is 36.5 Å². The lowest BCUT2D eigenvalue weighted by Crippen LogP contribution is -2.57. The molecule has 0 amide bonds. The first kappa shape index (κ1) is 25.3. The van der Waals surface area contributed by atoms with Gasteiger partial charge in [-0.1, -0.05) is 19.9 Å². The topological polar surface area (TPSA) is 68.7 Å². The number of methoxy groups -OCH3 is 1. The molecule has 0 spiro atoms. The fourth-order valence-electron chi connectivity index (χ4n) is 9.65. The number of benzene rings is 1. The van der Waals surface area contributed by atoms with E-state index in [1.54, 1.807) is 13.3 Å². The number of hydrogen-bond acceptors (Lipinski definition) is 5. The second-order valence-electron chi connectivity index (χ2n) is 13.3. The number of rotatable bonds is 6. The van der Waals surface area contributed by atoms with E-state index < -0.39 is 5.60 Å². The quantitative estimate of drug-likeness (QED) is 0.505. The van der Waals surface area contributed by atoms with Crippen LogP contribution in [0.3, 0.4) is 0 Å². The van der Waals surface area contributed by atoms with E-state index in [1.165, 1.54) is 25.7 Å². The van der Waals surface area contributed by atoms with Crippen LogP contribution in [0.4, 0.5) is 0 Å². The number of Topliss-reactive ketones (excluding diaryl/α,β-unsaturated/α-hetero) is 1. The van der Waals surface area contributed by atoms with Gasteiger partial charge in [0.2, 0.25) is 0 Å². The van der Waals surface area contributed by atoms with Crippen LogP contribution in [-0.4, -0.2) is 41.8 Å². The summed E-state index contributed by atoms with van der Waals surface area (Å²) in [6, 6.07) is 9.81. The molecule has 200 valence electrons. The Kier molecular flexibility index (Phi) is 6.39. The Morgan fingerprint density at radius 2 is 1.86 bits per heavy atom. The van der Waals surface area contributed by atoms with Crippen LogP contribution in [0.25, 0.3) is 10.9 Å². The molecule has 1 aromatic carbocycles. The van der Waals surface area contributed by atoms with Gasteiger partial charge in [0, 0.05) is 24.6 Å². The highest BCUT2D eigenvalue weighted by Crippen LogP contribution is 2.68. The van der Waals surface area contributed by atoms with Crippen molar-refractivity contribution in [2.24, 2.45) is 40.4 Å². The SMILES string of the molecule is COCC1(O)CC[C@@]2(C)C(CC[C@H]3[C@@H]4CC[C@H](C(=O)COc5ccc6ncccc6c5)[C@@]4(C)CC[C@@H]32)C1. The number of pyridine rings is 1. The van der Waals surface area contributed by atoms with Gasteiger partial charge in [0.05, 0.1) is 17.7 Å². The number of carbonyl (C=O) groups is 1. The van der Waals surface area contributed by atoms with E-state index in [0.717, 1.165) is 48.8 Å². The monoisotopic (exact) mass is 505 g/mol. The highest BCUT2D eigenvalue weighted by atomic mass is 16.5. The van der Waals surface area contributed by atoms with Crippen molar-refractivity contribution in [3.8, 4) is 5.75 Å². The maximum Gasteiger partial charge on any atom is 0.173 e. The minimum Gasteiger partial charge on any atom is -0.486 e. The fourth-order valence-corrected chi connectivity index (χ4v) is 9.65. The summed E-state index contributed by atoms with van der Waals surface area (Å²) in [4.78, 5) is 17.9. The zero-order valence-electron chi connectivity index (χ0n) is 22.7. The predicted octanol–water partition coefficient (Wildman–Crippen LogP) is 6.22. The van der Waals surface area contributed by atoms with Gasteiger partial charge in [-0.15, -0.1) is 0 Å². The molecule has 0 radical (unpaired) electrons. The summed E-state index contributed by atoms with van der Waals surface area (Å²) < 4.78 is 11.4. The van der Waals surface area contributed by atoms with Gasteiger partial charge >= 0.3 is 0 Å². The fraction of sp³-hybridized carbons (Fsp3) is 0.688. The number of hydrogen-bond donors (Lipinski definition) is 1. The number of aromatic nitrogens is 1.